The Morgan fingerprint density at radius 2 is 2.08 bits per heavy atom. The van der Waals surface area contributed by atoms with E-state index in [0.717, 1.165) is 13.0 Å². The smallest absolute Gasteiger partial charge is 0.341 e. The van der Waals surface area contributed by atoms with Crippen LogP contribution in [0.5, 0.6) is 0 Å². The molecule has 0 unspecified atom stereocenters. The lowest BCUT2D eigenvalue weighted by Crippen LogP contribution is -2.16. The van der Waals surface area contributed by atoms with E-state index in [0.29, 0.717) is 18.1 Å². The highest BCUT2D eigenvalue weighted by molar-refractivity contribution is 5.95. The van der Waals surface area contributed by atoms with E-state index in [1.165, 1.54) is 18.3 Å². The Bertz CT molecular complexity index is 755. The van der Waals surface area contributed by atoms with E-state index < -0.39 is 10.9 Å². The first-order valence-corrected chi connectivity index (χ1v) is 7.75. The SMILES string of the molecule is CN(C)CCCOC(=O)c1cccnc1Nc1cccc([N+](=O)[O-])c1.Cl. The fourth-order valence-electron chi connectivity index (χ4n) is 2.13. The molecule has 1 heterocycles. The van der Waals surface area contributed by atoms with E-state index in [9.17, 15) is 14.9 Å². The minimum Gasteiger partial charge on any atom is -0.462 e. The van der Waals surface area contributed by atoms with Gasteiger partial charge in [0.15, 0.2) is 0 Å². The van der Waals surface area contributed by atoms with Gasteiger partial charge in [-0.2, -0.15) is 0 Å². The highest BCUT2D eigenvalue weighted by Gasteiger charge is 2.15. The number of aromatic nitrogens is 1. The number of nitro groups is 1. The summed E-state index contributed by atoms with van der Waals surface area (Å²) < 4.78 is 5.26. The van der Waals surface area contributed by atoms with Crippen molar-refractivity contribution < 1.29 is 14.5 Å². The molecule has 2 aromatic rings. The maximum absolute atomic E-state index is 12.3. The van der Waals surface area contributed by atoms with E-state index in [2.05, 4.69) is 10.3 Å². The Labute approximate surface area is 157 Å². The first-order valence-electron chi connectivity index (χ1n) is 7.75. The number of nitro benzene ring substituents is 1. The molecule has 0 radical (unpaired) electrons. The van der Waals surface area contributed by atoms with Gasteiger partial charge in [-0.3, -0.25) is 10.1 Å². The number of nitrogens with zero attached hydrogens (tertiary/aromatic N) is 3. The fourth-order valence-corrected chi connectivity index (χ4v) is 2.13. The van der Waals surface area contributed by atoms with Crippen LogP contribution in [0.1, 0.15) is 16.8 Å². The Kier molecular flexibility index (Phi) is 8.47. The van der Waals surface area contributed by atoms with Crippen LogP contribution in [0.15, 0.2) is 42.6 Å². The lowest BCUT2D eigenvalue weighted by molar-refractivity contribution is -0.384. The first kappa shape index (κ1) is 21.3. The summed E-state index contributed by atoms with van der Waals surface area (Å²) in [5, 5.41) is 13.8. The first-order chi connectivity index (χ1) is 12.0. The number of anilines is 2. The number of non-ortho nitro benzene ring substituents is 1. The fraction of sp³-hybridized carbons (Fsp3) is 0.294. The second-order valence-corrected chi connectivity index (χ2v) is 5.62. The number of carbonyl (C=O) groups excluding carboxylic acids is 1. The van der Waals surface area contributed by atoms with Crippen molar-refractivity contribution in [2.24, 2.45) is 0 Å². The van der Waals surface area contributed by atoms with Crippen molar-refractivity contribution in [3.8, 4) is 0 Å². The van der Waals surface area contributed by atoms with Crippen molar-refractivity contribution in [3.05, 3.63) is 58.3 Å². The highest BCUT2D eigenvalue weighted by atomic mass is 35.5. The van der Waals surface area contributed by atoms with Crippen molar-refractivity contribution in [1.29, 1.82) is 0 Å². The van der Waals surface area contributed by atoms with Crippen LogP contribution >= 0.6 is 12.4 Å². The molecule has 1 aromatic heterocycles. The quantitative estimate of drug-likeness (QED) is 0.325. The number of pyridine rings is 1. The molecular weight excluding hydrogens is 360 g/mol. The molecule has 9 heteroatoms. The van der Waals surface area contributed by atoms with Crippen molar-refractivity contribution in [2.45, 2.75) is 6.42 Å². The van der Waals surface area contributed by atoms with Gasteiger partial charge < -0.3 is 15.0 Å². The van der Waals surface area contributed by atoms with Gasteiger partial charge in [0.1, 0.15) is 11.4 Å². The molecule has 1 aromatic carbocycles. The third kappa shape index (κ3) is 6.30. The predicted molar refractivity (Wildman–Crippen MR) is 101 cm³/mol. The molecule has 0 aliphatic rings. The van der Waals surface area contributed by atoms with Crippen molar-refractivity contribution in [3.63, 3.8) is 0 Å². The zero-order valence-corrected chi connectivity index (χ0v) is 15.4. The van der Waals surface area contributed by atoms with Gasteiger partial charge in [-0.15, -0.1) is 12.4 Å². The molecule has 0 saturated heterocycles. The Morgan fingerprint density at radius 3 is 2.77 bits per heavy atom. The van der Waals surface area contributed by atoms with Crippen molar-refractivity contribution in [2.75, 3.05) is 32.6 Å². The van der Waals surface area contributed by atoms with Crippen LogP contribution in [0.4, 0.5) is 17.2 Å². The number of halogens is 1. The number of esters is 1. The van der Waals surface area contributed by atoms with E-state index in [4.69, 9.17) is 4.74 Å². The standard InChI is InChI=1S/C17H20N4O4.ClH/c1-20(2)10-5-11-25-17(22)15-8-4-9-18-16(15)19-13-6-3-7-14(12-13)21(23)24;/h3-4,6-9,12H,5,10-11H2,1-2H3,(H,18,19);1H. The van der Waals surface area contributed by atoms with Crippen LogP contribution < -0.4 is 5.32 Å². The van der Waals surface area contributed by atoms with Gasteiger partial charge in [-0.25, -0.2) is 9.78 Å². The summed E-state index contributed by atoms with van der Waals surface area (Å²) in [4.78, 5) is 28.8. The molecule has 140 valence electrons. The number of rotatable bonds is 8. The number of ether oxygens (including phenoxy) is 1. The predicted octanol–water partition coefficient (Wildman–Crippen LogP) is 3.26. The maximum Gasteiger partial charge on any atom is 0.341 e. The molecule has 0 amide bonds. The number of carbonyl (C=O) groups is 1. The molecule has 26 heavy (non-hydrogen) atoms. The van der Waals surface area contributed by atoms with Crippen LogP contribution in [0, 0.1) is 10.1 Å². The van der Waals surface area contributed by atoms with Gasteiger partial charge in [0, 0.05) is 30.6 Å². The van der Waals surface area contributed by atoms with Gasteiger partial charge in [-0.1, -0.05) is 6.07 Å². The van der Waals surface area contributed by atoms with Gasteiger partial charge >= 0.3 is 5.97 Å². The van der Waals surface area contributed by atoms with E-state index in [-0.39, 0.29) is 23.7 Å². The molecule has 1 N–H and O–H groups in total. The zero-order chi connectivity index (χ0) is 18.2. The summed E-state index contributed by atoms with van der Waals surface area (Å²) in [5.41, 5.74) is 0.696. The largest absolute Gasteiger partial charge is 0.462 e. The van der Waals surface area contributed by atoms with Crippen molar-refractivity contribution >= 4 is 35.6 Å². The van der Waals surface area contributed by atoms with Crippen LogP contribution in [0.25, 0.3) is 0 Å². The van der Waals surface area contributed by atoms with Gasteiger partial charge in [0.25, 0.3) is 5.69 Å². The lowest BCUT2D eigenvalue weighted by atomic mass is 10.2. The van der Waals surface area contributed by atoms with Crippen LogP contribution in [0.2, 0.25) is 0 Å². The summed E-state index contributed by atoms with van der Waals surface area (Å²) in [6.45, 7) is 1.13. The molecule has 0 bridgehead atoms. The monoisotopic (exact) mass is 380 g/mol. The Morgan fingerprint density at radius 1 is 1.31 bits per heavy atom. The number of nitrogens with one attached hydrogen (secondary N) is 1. The normalized spacial score (nSPS) is 10.1. The van der Waals surface area contributed by atoms with E-state index >= 15 is 0 Å². The molecule has 0 aliphatic heterocycles. The van der Waals surface area contributed by atoms with Crippen LogP contribution in [-0.2, 0) is 4.74 Å². The van der Waals surface area contributed by atoms with E-state index in [1.54, 1.807) is 24.3 Å². The average Bonchev–Trinajstić information content (AvgIpc) is 2.59. The van der Waals surface area contributed by atoms with Crippen molar-refractivity contribution in [1.82, 2.24) is 9.88 Å². The molecule has 0 spiro atoms. The van der Waals surface area contributed by atoms with Gasteiger partial charge in [-0.05, 0) is 38.7 Å². The topological polar surface area (TPSA) is 97.6 Å². The molecule has 0 fully saturated rings. The van der Waals surface area contributed by atoms with E-state index in [1.807, 2.05) is 19.0 Å². The highest BCUT2D eigenvalue weighted by Crippen LogP contribution is 2.22. The van der Waals surface area contributed by atoms with Gasteiger partial charge in [0.2, 0.25) is 0 Å². The number of benzene rings is 1. The summed E-state index contributed by atoms with van der Waals surface area (Å²) >= 11 is 0. The molecule has 2 rings (SSSR count). The molecular formula is C17H21ClN4O4. The molecule has 0 atom stereocenters. The zero-order valence-electron chi connectivity index (χ0n) is 14.5. The Balaban J connectivity index is 0.00000338. The second kappa shape index (κ2) is 10.3. The summed E-state index contributed by atoms with van der Waals surface area (Å²) in [6.07, 6.45) is 2.26. The van der Waals surface area contributed by atoms with Gasteiger partial charge in [0.05, 0.1) is 11.5 Å². The minimum absolute atomic E-state index is 0. The second-order valence-electron chi connectivity index (χ2n) is 5.62. The number of hydrogen-bond donors (Lipinski definition) is 1. The molecule has 0 aliphatic carbocycles. The number of hydrogen-bond acceptors (Lipinski definition) is 7. The van der Waals surface area contributed by atoms with Crippen LogP contribution in [-0.4, -0.2) is 48.0 Å². The summed E-state index contributed by atoms with van der Waals surface area (Å²) in [5.74, 6) is -0.194. The average molecular weight is 381 g/mol. The summed E-state index contributed by atoms with van der Waals surface area (Å²) in [6, 6.07) is 9.22. The maximum atomic E-state index is 12.3. The third-order valence-electron chi connectivity index (χ3n) is 3.33. The Hall–Kier alpha value is -2.71. The lowest BCUT2D eigenvalue weighted by Gasteiger charge is -2.12. The van der Waals surface area contributed by atoms with Crippen LogP contribution in [0.3, 0.4) is 0 Å². The molecule has 8 nitrogen and oxygen atoms in total. The molecule has 0 saturated carbocycles. The minimum atomic E-state index is -0.486. The third-order valence-corrected chi connectivity index (χ3v) is 3.33. The summed E-state index contributed by atoms with van der Waals surface area (Å²) in [7, 11) is 3.90.